The maximum atomic E-state index is 13.5. The number of nitrogens with two attached hydrogens (primary N) is 1. The Kier molecular flexibility index (Phi) is 6.03. The van der Waals surface area contributed by atoms with Crippen molar-refractivity contribution in [2.75, 3.05) is 16.3 Å². The van der Waals surface area contributed by atoms with Gasteiger partial charge in [-0.1, -0.05) is 19.9 Å². The Morgan fingerprint density at radius 3 is 2.71 bits per heavy atom. The molecule has 178 valence electrons. The zero-order valence-electron chi connectivity index (χ0n) is 20.2. The lowest BCUT2D eigenvalue weighted by atomic mass is 10.1. The molecule has 6 rings (SSSR count). The van der Waals surface area contributed by atoms with Crippen LogP contribution in [-0.2, 0) is 26.1 Å². The van der Waals surface area contributed by atoms with Crippen LogP contribution in [-0.4, -0.2) is 43.2 Å². The molecule has 0 aliphatic carbocycles. The smallest absolute Gasteiger partial charge is 0.260 e. The van der Waals surface area contributed by atoms with E-state index in [-0.39, 0.29) is 5.91 Å². The number of fused-ring (bicyclic) bond motifs is 2. The number of carbonyl (C=O) groups is 1. The van der Waals surface area contributed by atoms with Crippen LogP contribution < -0.4 is 15.5 Å². The second-order valence-corrected chi connectivity index (χ2v) is 8.81. The van der Waals surface area contributed by atoms with E-state index in [1.807, 2.05) is 38.1 Å². The Morgan fingerprint density at radius 1 is 1.09 bits per heavy atom. The average molecular weight is 461 g/mol. The lowest BCUT2D eigenvalue weighted by Gasteiger charge is -2.23. The number of rotatable bonds is 4. The largest absolute Gasteiger partial charge is 0.354 e. The summed E-state index contributed by atoms with van der Waals surface area (Å²) in [7, 11) is 0. The highest BCUT2D eigenvalue weighted by Gasteiger charge is 2.34. The fraction of sp³-hybridized carbons (Fsp3) is 0.480. The first-order valence-electron chi connectivity index (χ1n) is 12.3. The molecule has 1 unspecified atom stereocenters. The quantitative estimate of drug-likeness (QED) is 0.637. The van der Waals surface area contributed by atoms with Crippen molar-refractivity contribution in [1.82, 2.24) is 24.7 Å². The number of hydrogen-bond acceptors (Lipinski definition) is 7. The fourth-order valence-electron chi connectivity index (χ4n) is 5.17. The predicted octanol–water partition coefficient (Wildman–Crippen LogP) is 3.32. The van der Waals surface area contributed by atoms with E-state index >= 15 is 0 Å². The molecular formula is C25H32N8O. The zero-order valence-corrected chi connectivity index (χ0v) is 20.2. The molecule has 0 saturated carbocycles. The number of aryl methyl sites for hydroxylation is 1. The topological polar surface area (TPSA) is 106 Å². The van der Waals surface area contributed by atoms with E-state index in [0.717, 1.165) is 73.2 Å². The molecule has 1 amide bonds. The van der Waals surface area contributed by atoms with Crippen LogP contribution >= 0.6 is 0 Å². The van der Waals surface area contributed by atoms with Gasteiger partial charge in [0.15, 0.2) is 5.82 Å². The molecule has 6 heterocycles. The minimum atomic E-state index is -0.0543. The Labute approximate surface area is 200 Å². The van der Waals surface area contributed by atoms with Crippen molar-refractivity contribution in [3.8, 4) is 11.5 Å². The molecule has 0 aromatic carbocycles. The third-order valence-corrected chi connectivity index (χ3v) is 6.88. The zero-order chi connectivity index (χ0) is 23.8. The molecule has 1 fully saturated rings. The molecule has 0 bridgehead atoms. The first-order chi connectivity index (χ1) is 16.6. The number of nitrogens with zero attached hydrogens (tertiary/aromatic N) is 7. The van der Waals surface area contributed by atoms with E-state index in [1.54, 1.807) is 4.90 Å². The van der Waals surface area contributed by atoms with Crippen LogP contribution in [0.3, 0.4) is 0 Å². The van der Waals surface area contributed by atoms with E-state index in [4.69, 9.17) is 15.7 Å². The third-order valence-electron chi connectivity index (χ3n) is 6.88. The van der Waals surface area contributed by atoms with Gasteiger partial charge in [-0.15, -0.1) is 10.2 Å². The van der Waals surface area contributed by atoms with Gasteiger partial charge in [0.2, 0.25) is 0 Å². The van der Waals surface area contributed by atoms with E-state index in [2.05, 4.69) is 26.6 Å². The number of hydrogen-bond donors (Lipinski definition) is 1. The third kappa shape index (κ3) is 3.64. The fourth-order valence-corrected chi connectivity index (χ4v) is 5.17. The SMILES string of the molecule is CC.CC1CCCN1c1cc2c(c(CN)n1)CN(c1cccc(-c3nnc4n3CCC4)n1)C2=O. The van der Waals surface area contributed by atoms with E-state index in [9.17, 15) is 4.79 Å². The van der Waals surface area contributed by atoms with Crippen molar-refractivity contribution < 1.29 is 4.79 Å². The monoisotopic (exact) mass is 460 g/mol. The number of pyridine rings is 2. The normalized spacial score (nSPS) is 18.7. The lowest BCUT2D eigenvalue weighted by molar-refractivity contribution is 0.0996. The maximum absolute atomic E-state index is 13.5. The number of aromatic nitrogens is 5. The molecule has 3 aliphatic heterocycles. The van der Waals surface area contributed by atoms with Gasteiger partial charge in [-0.25, -0.2) is 9.97 Å². The summed E-state index contributed by atoms with van der Waals surface area (Å²) in [5.41, 5.74) is 9.16. The molecule has 3 aromatic heterocycles. The molecule has 0 spiro atoms. The molecule has 3 aliphatic rings. The molecule has 9 nitrogen and oxygen atoms in total. The molecule has 34 heavy (non-hydrogen) atoms. The van der Waals surface area contributed by atoms with Crippen LogP contribution in [0.15, 0.2) is 24.3 Å². The standard InChI is InChI=1S/C23H26N8O.C2H6/c1-14-5-3-9-29(14)21-11-15-16(18(12-24)26-21)13-31(23(15)32)19-7-2-6-17(25-19)22-28-27-20-8-4-10-30(20)22;1-2/h2,6-7,11,14H,3-5,8-10,12-13,24H2,1H3;1-2H3. The minimum Gasteiger partial charge on any atom is -0.354 e. The van der Waals surface area contributed by atoms with Crippen molar-refractivity contribution in [3.05, 3.63) is 46.9 Å². The highest BCUT2D eigenvalue weighted by atomic mass is 16.2. The van der Waals surface area contributed by atoms with Crippen LogP contribution in [0.1, 0.15) is 67.5 Å². The van der Waals surface area contributed by atoms with Gasteiger partial charge in [-0.3, -0.25) is 9.69 Å². The maximum Gasteiger partial charge on any atom is 0.260 e. The molecule has 1 atom stereocenters. The van der Waals surface area contributed by atoms with E-state index < -0.39 is 0 Å². The van der Waals surface area contributed by atoms with Gasteiger partial charge in [0, 0.05) is 37.7 Å². The molecular weight excluding hydrogens is 428 g/mol. The number of amides is 1. The average Bonchev–Trinajstić information content (AvgIpc) is 3.65. The Bertz CT molecular complexity index is 1220. The van der Waals surface area contributed by atoms with Gasteiger partial charge in [-0.05, 0) is 44.4 Å². The van der Waals surface area contributed by atoms with Gasteiger partial charge >= 0.3 is 0 Å². The highest BCUT2D eigenvalue weighted by molar-refractivity contribution is 6.10. The summed E-state index contributed by atoms with van der Waals surface area (Å²) in [5, 5.41) is 8.63. The van der Waals surface area contributed by atoms with Gasteiger partial charge in [0.1, 0.15) is 23.2 Å². The summed E-state index contributed by atoms with van der Waals surface area (Å²) in [6.45, 7) is 8.80. The van der Waals surface area contributed by atoms with E-state index in [0.29, 0.717) is 30.5 Å². The summed E-state index contributed by atoms with van der Waals surface area (Å²) in [5.74, 6) is 3.17. The van der Waals surface area contributed by atoms with Crippen molar-refractivity contribution in [2.45, 2.75) is 72.1 Å². The van der Waals surface area contributed by atoms with Crippen molar-refractivity contribution in [2.24, 2.45) is 5.73 Å². The van der Waals surface area contributed by atoms with Crippen LogP contribution in [0.25, 0.3) is 11.5 Å². The summed E-state index contributed by atoms with van der Waals surface area (Å²) in [6, 6.07) is 8.07. The molecule has 9 heteroatoms. The molecule has 2 N–H and O–H groups in total. The van der Waals surface area contributed by atoms with Crippen LogP contribution in [0.5, 0.6) is 0 Å². The van der Waals surface area contributed by atoms with Crippen LogP contribution in [0, 0.1) is 0 Å². The van der Waals surface area contributed by atoms with Gasteiger partial charge in [0.05, 0.1) is 17.8 Å². The molecule has 1 saturated heterocycles. The second-order valence-electron chi connectivity index (χ2n) is 8.81. The molecule has 0 radical (unpaired) electrons. The lowest BCUT2D eigenvalue weighted by Crippen LogP contribution is -2.28. The van der Waals surface area contributed by atoms with E-state index in [1.165, 1.54) is 0 Å². The van der Waals surface area contributed by atoms with Crippen molar-refractivity contribution in [3.63, 3.8) is 0 Å². The first kappa shape index (κ1) is 22.5. The van der Waals surface area contributed by atoms with Crippen molar-refractivity contribution in [1.29, 1.82) is 0 Å². The van der Waals surface area contributed by atoms with Gasteiger partial charge in [0.25, 0.3) is 5.91 Å². The van der Waals surface area contributed by atoms with Crippen LogP contribution in [0.4, 0.5) is 11.6 Å². The summed E-state index contributed by atoms with van der Waals surface area (Å²) in [6.07, 6.45) is 4.30. The number of anilines is 2. The minimum absolute atomic E-state index is 0.0543. The molecule has 3 aromatic rings. The van der Waals surface area contributed by atoms with Crippen LogP contribution in [0.2, 0.25) is 0 Å². The predicted molar refractivity (Wildman–Crippen MR) is 132 cm³/mol. The summed E-state index contributed by atoms with van der Waals surface area (Å²) in [4.78, 5) is 27.1. The Hall–Kier alpha value is -3.33. The first-order valence-corrected chi connectivity index (χ1v) is 12.3. The second kappa shape index (κ2) is 9.13. The summed E-state index contributed by atoms with van der Waals surface area (Å²) < 4.78 is 2.12. The highest BCUT2D eigenvalue weighted by Crippen LogP contribution is 2.34. The van der Waals surface area contributed by atoms with Crippen molar-refractivity contribution >= 4 is 17.5 Å². The summed E-state index contributed by atoms with van der Waals surface area (Å²) >= 11 is 0. The van der Waals surface area contributed by atoms with Gasteiger partial charge < -0.3 is 15.2 Å². The van der Waals surface area contributed by atoms with Gasteiger partial charge in [-0.2, -0.15) is 0 Å². The Morgan fingerprint density at radius 2 is 1.94 bits per heavy atom. The number of carbonyl (C=O) groups excluding carboxylic acids is 1. The Balaban J connectivity index is 0.00000117.